The molecule has 3 heterocycles. The number of para-hydroxylation sites is 1. The van der Waals surface area contributed by atoms with Crippen molar-refractivity contribution in [2.24, 2.45) is 0 Å². The molecule has 1 aliphatic heterocycles. The van der Waals surface area contributed by atoms with Crippen molar-refractivity contribution in [2.45, 2.75) is 31.1 Å². The number of nitrogens with zero attached hydrogens (tertiary/aromatic N) is 3. The van der Waals surface area contributed by atoms with Crippen LogP contribution in [0.2, 0.25) is 5.02 Å². The number of nitrogens with one attached hydrogen (secondary N) is 1. The Morgan fingerprint density at radius 2 is 1.93 bits per heavy atom. The van der Waals surface area contributed by atoms with Gasteiger partial charge in [-0.3, -0.25) is 9.52 Å². The summed E-state index contributed by atoms with van der Waals surface area (Å²) in [5, 5.41) is 8.11. The molecule has 1 saturated heterocycles. The Kier molecular flexibility index (Phi) is 5.81. The number of aryl methyl sites for hydroxylation is 1. The highest BCUT2D eigenvalue weighted by molar-refractivity contribution is 7.93. The van der Waals surface area contributed by atoms with E-state index in [0.29, 0.717) is 33.6 Å². The number of likely N-dealkylation sites (tertiary alicyclic amines) is 1. The van der Waals surface area contributed by atoms with Crippen LogP contribution in [0.1, 0.15) is 34.8 Å². The first-order valence-electron chi connectivity index (χ1n) is 9.36. The summed E-state index contributed by atoms with van der Waals surface area (Å²) in [5.74, 6) is -0.269. The van der Waals surface area contributed by atoms with Gasteiger partial charge in [-0.05, 0) is 44.4 Å². The number of carbonyl (C=O) groups is 1. The van der Waals surface area contributed by atoms with Crippen molar-refractivity contribution in [3.63, 3.8) is 0 Å². The number of hydrogen-bond donors (Lipinski definition) is 1. The highest BCUT2D eigenvalue weighted by Gasteiger charge is 2.26. The van der Waals surface area contributed by atoms with Crippen LogP contribution in [0.15, 0.2) is 39.6 Å². The summed E-state index contributed by atoms with van der Waals surface area (Å²) in [6, 6.07) is 8.05. The van der Waals surface area contributed by atoms with Gasteiger partial charge in [0.15, 0.2) is 0 Å². The number of halogens is 1. The predicted molar refractivity (Wildman–Crippen MR) is 114 cm³/mol. The highest BCUT2D eigenvalue weighted by atomic mass is 35.5. The Bertz CT molecular complexity index is 1180. The number of carbonyl (C=O) groups excluding carboxylic acids is 1. The molecule has 0 saturated carbocycles. The standard InChI is InChI=1S/C19H19ClN4O4S2/c1-12-16(30(26,27)23-14-8-4-3-7-13(14)20)11-15(29-12)17-21-22-18(28-17)19(25)24-9-5-2-6-10-24/h3-4,7-8,11,23H,2,5-6,9-10H2,1H3. The molecule has 158 valence electrons. The number of hydrogen-bond acceptors (Lipinski definition) is 7. The number of thiophene rings is 1. The Morgan fingerprint density at radius 3 is 2.67 bits per heavy atom. The Balaban J connectivity index is 1.58. The van der Waals surface area contributed by atoms with Crippen LogP contribution in [-0.4, -0.2) is 42.5 Å². The lowest BCUT2D eigenvalue weighted by Gasteiger charge is -2.24. The van der Waals surface area contributed by atoms with Gasteiger partial charge < -0.3 is 9.32 Å². The summed E-state index contributed by atoms with van der Waals surface area (Å²) >= 11 is 7.26. The molecule has 1 N–H and O–H groups in total. The number of rotatable bonds is 5. The number of sulfonamides is 1. The molecule has 11 heteroatoms. The van der Waals surface area contributed by atoms with E-state index in [0.717, 1.165) is 19.3 Å². The van der Waals surface area contributed by atoms with E-state index in [-0.39, 0.29) is 22.6 Å². The average Bonchev–Trinajstić information content (AvgIpc) is 3.37. The Hall–Kier alpha value is -2.43. The Labute approximate surface area is 182 Å². The molecule has 3 aromatic rings. The van der Waals surface area contributed by atoms with Crippen molar-refractivity contribution < 1.29 is 17.6 Å². The van der Waals surface area contributed by atoms with Gasteiger partial charge in [0.25, 0.3) is 15.9 Å². The number of amides is 1. The van der Waals surface area contributed by atoms with E-state index in [1.54, 1.807) is 36.1 Å². The molecule has 0 bridgehead atoms. The lowest BCUT2D eigenvalue weighted by molar-refractivity contribution is 0.0684. The molecular weight excluding hydrogens is 448 g/mol. The third-order valence-electron chi connectivity index (χ3n) is 4.74. The van der Waals surface area contributed by atoms with Gasteiger partial charge in [0.2, 0.25) is 0 Å². The molecule has 0 spiro atoms. The zero-order valence-electron chi connectivity index (χ0n) is 16.1. The van der Waals surface area contributed by atoms with Crippen molar-refractivity contribution in [2.75, 3.05) is 17.8 Å². The zero-order valence-corrected chi connectivity index (χ0v) is 18.5. The van der Waals surface area contributed by atoms with Crippen molar-refractivity contribution in [3.8, 4) is 10.8 Å². The van der Waals surface area contributed by atoms with E-state index < -0.39 is 10.0 Å². The lowest BCUT2D eigenvalue weighted by Crippen LogP contribution is -2.35. The first kappa shape index (κ1) is 20.8. The normalized spacial score (nSPS) is 14.7. The van der Waals surface area contributed by atoms with E-state index in [9.17, 15) is 13.2 Å². The molecule has 0 aliphatic carbocycles. The maximum atomic E-state index is 12.8. The van der Waals surface area contributed by atoms with E-state index in [4.69, 9.17) is 16.0 Å². The fraction of sp³-hybridized carbons (Fsp3) is 0.316. The minimum Gasteiger partial charge on any atom is -0.411 e. The van der Waals surface area contributed by atoms with Gasteiger partial charge in [-0.1, -0.05) is 23.7 Å². The van der Waals surface area contributed by atoms with Crippen LogP contribution < -0.4 is 4.72 Å². The summed E-state index contributed by atoms with van der Waals surface area (Å²) < 4.78 is 33.8. The molecule has 0 unspecified atom stereocenters. The largest absolute Gasteiger partial charge is 0.411 e. The lowest BCUT2D eigenvalue weighted by atomic mass is 10.1. The van der Waals surface area contributed by atoms with E-state index in [2.05, 4.69) is 14.9 Å². The van der Waals surface area contributed by atoms with Gasteiger partial charge in [0.05, 0.1) is 15.6 Å². The van der Waals surface area contributed by atoms with Crippen molar-refractivity contribution in [1.29, 1.82) is 0 Å². The number of benzene rings is 1. The zero-order chi connectivity index (χ0) is 21.3. The summed E-state index contributed by atoms with van der Waals surface area (Å²) in [5.41, 5.74) is 0.290. The fourth-order valence-corrected chi connectivity index (χ4v) is 6.06. The second kappa shape index (κ2) is 8.37. The summed E-state index contributed by atoms with van der Waals surface area (Å²) in [6.45, 7) is 3.03. The van der Waals surface area contributed by atoms with Gasteiger partial charge in [-0.15, -0.1) is 21.5 Å². The van der Waals surface area contributed by atoms with Crippen LogP contribution in [0.3, 0.4) is 0 Å². The van der Waals surface area contributed by atoms with Crippen LogP contribution in [0.25, 0.3) is 10.8 Å². The molecule has 1 aliphatic rings. The molecule has 8 nitrogen and oxygen atoms in total. The topological polar surface area (TPSA) is 105 Å². The Morgan fingerprint density at radius 1 is 1.20 bits per heavy atom. The molecule has 1 amide bonds. The van der Waals surface area contributed by atoms with Gasteiger partial charge in [-0.2, -0.15) is 0 Å². The van der Waals surface area contributed by atoms with Crippen LogP contribution in [0.4, 0.5) is 5.69 Å². The number of anilines is 1. The summed E-state index contributed by atoms with van der Waals surface area (Å²) in [6.07, 6.45) is 3.01. The molecule has 30 heavy (non-hydrogen) atoms. The van der Waals surface area contributed by atoms with Crippen molar-refractivity contribution in [1.82, 2.24) is 15.1 Å². The minimum atomic E-state index is -3.87. The van der Waals surface area contributed by atoms with Crippen LogP contribution in [0.5, 0.6) is 0 Å². The maximum absolute atomic E-state index is 12.8. The van der Waals surface area contributed by atoms with Crippen LogP contribution in [0, 0.1) is 6.92 Å². The molecule has 4 rings (SSSR count). The van der Waals surface area contributed by atoms with Gasteiger partial charge >= 0.3 is 11.8 Å². The fourth-order valence-electron chi connectivity index (χ4n) is 3.22. The maximum Gasteiger partial charge on any atom is 0.311 e. The predicted octanol–water partition coefficient (Wildman–Crippen LogP) is 4.19. The second-order valence-electron chi connectivity index (χ2n) is 6.88. The van der Waals surface area contributed by atoms with Crippen molar-refractivity contribution >= 4 is 44.6 Å². The SMILES string of the molecule is Cc1sc(-c2nnc(C(=O)N3CCCCC3)o2)cc1S(=O)(=O)Nc1ccccc1Cl. The molecule has 2 aromatic heterocycles. The van der Waals surface area contributed by atoms with E-state index >= 15 is 0 Å². The van der Waals surface area contributed by atoms with Crippen LogP contribution >= 0.6 is 22.9 Å². The first-order valence-corrected chi connectivity index (χ1v) is 12.0. The minimum absolute atomic E-state index is 0.0865. The number of aromatic nitrogens is 2. The molecular formula is C19H19ClN4O4S2. The van der Waals surface area contributed by atoms with Crippen LogP contribution in [-0.2, 0) is 10.0 Å². The molecule has 0 radical (unpaired) electrons. The summed E-state index contributed by atoms with van der Waals surface area (Å²) in [7, 11) is -3.87. The quantitative estimate of drug-likeness (QED) is 0.604. The molecule has 0 atom stereocenters. The third-order valence-corrected chi connectivity index (χ3v) is 7.73. The molecule has 1 fully saturated rings. The van der Waals surface area contributed by atoms with Gasteiger partial charge in [0.1, 0.15) is 4.90 Å². The second-order valence-corrected chi connectivity index (χ2v) is 10.2. The third kappa shape index (κ3) is 4.21. The van der Waals surface area contributed by atoms with E-state index in [1.165, 1.54) is 17.4 Å². The smallest absolute Gasteiger partial charge is 0.311 e. The van der Waals surface area contributed by atoms with E-state index in [1.807, 2.05) is 0 Å². The average molecular weight is 467 g/mol. The number of piperidine rings is 1. The molecule has 1 aromatic carbocycles. The van der Waals surface area contributed by atoms with Crippen molar-refractivity contribution in [3.05, 3.63) is 46.1 Å². The monoisotopic (exact) mass is 466 g/mol. The van der Waals surface area contributed by atoms with Gasteiger partial charge in [-0.25, -0.2) is 8.42 Å². The highest BCUT2D eigenvalue weighted by Crippen LogP contribution is 2.34. The summed E-state index contributed by atoms with van der Waals surface area (Å²) in [4.78, 5) is 15.3. The first-order chi connectivity index (χ1) is 14.3. The van der Waals surface area contributed by atoms with Gasteiger partial charge in [0, 0.05) is 18.0 Å².